The molecular weight excluding hydrogens is 302 g/mol. The number of hydrogen-bond acceptors (Lipinski definition) is 4. The molecular formula is C12H15NO5S2. The van der Waals surface area contributed by atoms with Crippen molar-refractivity contribution in [2.45, 2.75) is 4.90 Å². The minimum absolute atomic E-state index is 0.0342. The lowest BCUT2D eigenvalue weighted by atomic mass is 10.2. The molecule has 2 N–H and O–H groups in total. The van der Waals surface area contributed by atoms with Crippen LogP contribution in [-0.4, -0.2) is 42.3 Å². The number of benzene rings is 1. The van der Waals surface area contributed by atoms with Crippen molar-refractivity contribution < 1.29 is 22.5 Å². The summed E-state index contributed by atoms with van der Waals surface area (Å²) >= 11 is 0. The Kier molecular flexibility index (Phi) is 6.05. The fraction of sp³-hybridized carbons (Fsp3) is 0.250. The van der Waals surface area contributed by atoms with Crippen molar-refractivity contribution in [2.24, 2.45) is 0 Å². The quantitative estimate of drug-likeness (QED) is 0.711. The minimum atomic E-state index is -3.68. The van der Waals surface area contributed by atoms with Crippen LogP contribution in [0.1, 0.15) is 5.56 Å². The maximum absolute atomic E-state index is 12.0. The number of carboxylic acid groups (broad SMARTS) is 1. The number of carboxylic acids is 1. The molecule has 0 saturated heterocycles. The van der Waals surface area contributed by atoms with Gasteiger partial charge in [-0.1, -0.05) is 12.1 Å². The molecule has 0 fully saturated rings. The average molecular weight is 317 g/mol. The number of rotatable bonds is 7. The van der Waals surface area contributed by atoms with Crippen LogP contribution in [0, 0.1) is 0 Å². The molecule has 1 unspecified atom stereocenters. The SMILES string of the molecule is CS(=O)CCNS(=O)(=O)c1cccc(/C=C/C(=O)O)c1. The van der Waals surface area contributed by atoms with Gasteiger partial charge in [0.25, 0.3) is 0 Å². The van der Waals surface area contributed by atoms with Crippen LogP contribution in [0.4, 0.5) is 0 Å². The average Bonchev–Trinajstić information content (AvgIpc) is 2.36. The molecule has 0 saturated carbocycles. The molecule has 1 aromatic rings. The van der Waals surface area contributed by atoms with Gasteiger partial charge in [0.05, 0.1) is 4.90 Å². The molecule has 20 heavy (non-hydrogen) atoms. The summed E-state index contributed by atoms with van der Waals surface area (Å²) in [4.78, 5) is 10.4. The number of carbonyl (C=O) groups is 1. The summed E-state index contributed by atoms with van der Waals surface area (Å²) in [6.45, 7) is 0.0840. The van der Waals surface area contributed by atoms with Crippen LogP contribution in [0.2, 0.25) is 0 Å². The zero-order chi connectivity index (χ0) is 15.2. The number of aliphatic carboxylic acids is 1. The maximum atomic E-state index is 12.0. The molecule has 0 radical (unpaired) electrons. The molecule has 0 aliphatic carbocycles. The lowest BCUT2D eigenvalue weighted by Gasteiger charge is -2.06. The van der Waals surface area contributed by atoms with Crippen LogP contribution < -0.4 is 4.72 Å². The smallest absolute Gasteiger partial charge is 0.328 e. The predicted molar refractivity (Wildman–Crippen MR) is 77.2 cm³/mol. The van der Waals surface area contributed by atoms with E-state index in [0.717, 1.165) is 6.08 Å². The highest BCUT2D eigenvalue weighted by molar-refractivity contribution is 7.89. The molecule has 0 aliphatic rings. The van der Waals surface area contributed by atoms with Crippen molar-refractivity contribution in [3.63, 3.8) is 0 Å². The van der Waals surface area contributed by atoms with E-state index in [1.165, 1.54) is 30.5 Å². The van der Waals surface area contributed by atoms with Gasteiger partial charge < -0.3 is 5.11 Å². The van der Waals surface area contributed by atoms with Crippen LogP contribution in [0.5, 0.6) is 0 Å². The van der Waals surface area contributed by atoms with E-state index in [1.54, 1.807) is 6.07 Å². The van der Waals surface area contributed by atoms with Gasteiger partial charge in [-0.2, -0.15) is 0 Å². The standard InChI is InChI=1S/C12H15NO5S2/c1-19(16)8-7-13-20(17,18)11-4-2-3-10(9-11)5-6-12(14)15/h2-6,9,13H,7-8H2,1H3,(H,14,15)/b6-5+. The van der Waals surface area contributed by atoms with Crippen molar-refractivity contribution in [1.29, 1.82) is 0 Å². The van der Waals surface area contributed by atoms with Crippen LogP contribution in [0.25, 0.3) is 6.08 Å². The largest absolute Gasteiger partial charge is 0.478 e. The monoisotopic (exact) mass is 317 g/mol. The Balaban J connectivity index is 2.87. The fourth-order valence-electron chi connectivity index (χ4n) is 1.36. The van der Waals surface area contributed by atoms with E-state index in [2.05, 4.69) is 4.72 Å². The summed E-state index contributed by atoms with van der Waals surface area (Å²) < 4.78 is 37.1. The molecule has 0 heterocycles. The number of nitrogens with one attached hydrogen (secondary N) is 1. The van der Waals surface area contributed by atoms with Crippen molar-refractivity contribution >= 4 is 32.9 Å². The van der Waals surface area contributed by atoms with Gasteiger partial charge in [-0.05, 0) is 23.8 Å². The fourth-order valence-corrected chi connectivity index (χ4v) is 2.96. The van der Waals surface area contributed by atoms with Gasteiger partial charge in [0.1, 0.15) is 0 Å². The normalized spacial score (nSPS) is 13.4. The van der Waals surface area contributed by atoms with Crippen molar-refractivity contribution in [2.75, 3.05) is 18.6 Å². The van der Waals surface area contributed by atoms with Gasteiger partial charge >= 0.3 is 5.97 Å². The van der Waals surface area contributed by atoms with Gasteiger partial charge in [-0.15, -0.1) is 0 Å². The molecule has 6 nitrogen and oxygen atoms in total. The number of sulfonamides is 1. The van der Waals surface area contributed by atoms with Crippen molar-refractivity contribution in [3.8, 4) is 0 Å². The first-order valence-corrected chi connectivity index (χ1v) is 8.83. The zero-order valence-electron chi connectivity index (χ0n) is 10.8. The van der Waals surface area contributed by atoms with Gasteiger partial charge in [-0.3, -0.25) is 4.21 Å². The van der Waals surface area contributed by atoms with Crippen molar-refractivity contribution in [3.05, 3.63) is 35.9 Å². The highest BCUT2D eigenvalue weighted by Crippen LogP contribution is 2.12. The van der Waals surface area contributed by atoms with E-state index >= 15 is 0 Å². The van der Waals surface area contributed by atoms with E-state index < -0.39 is 26.8 Å². The van der Waals surface area contributed by atoms with Crippen LogP contribution in [0.3, 0.4) is 0 Å². The molecule has 1 aromatic carbocycles. The molecule has 110 valence electrons. The third-order valence-corrected chi connectivity index (χ3v) is 4.51. The second-order valence-corrected chi connectivity index (χ2v) is 7.24. The Labute approximate surface area is 120 Å². The first kappa shape index (κ1) is 16.5. The highest BCUT2D eigenvalue weighted by atomic mass is 32.2. The lowest BCUT2D eigenvalue weighted by Crippen LogP contribution is -2.27. The summed E-state index contributed by atoms with van der Waals surface area (Å²) in [5, 5.41) is 8.53. The second kappa shape index (κ2) is 7.32. The van der Waals surface area contributed by atoms with Crippen LogP contribution in [-0.2, 0) is 25.6 Å². The first-order chi connectivity index (χ1) is 9.31. The van der Waals surface area contributed by atoms with E-state index in [1.807, 2.05) is 0 Å². The Morgan fingerprint density at radius 2 is 2.15 bits per heavy atom. The molecule has 8 heteroatoms. The summed E-state index contributed by atoms with van der Waals surface area (Å²) in [6.07, 6.45) is 3.73. The van der Waals surface area contributed by atoms with E-state index in [0.29, 0.717) is 5.56 Å². The first-order valence-electron chi connectivity index (χ1n) is 5.62. The summed E-state index contributed by atoms with van der Waals surface area (Å²) in [5.41, 5.74) is 0.467. The van der Waals surface area contributed by atoms with Crippen molar-refractivity contribution in [1.82, 2.24) is 4.72 Å². The van der Waals surface area contributed by atoms with E-state index in [-0.39, 0.29) is 17.2 Å². The summed E-state index contributed by atoms with van der Waals surface area (Å²) in [7, 11) is -4.76. The maximum Gasteiger partial charge on any atom is 0.328 e. The summed E-state index contributed by atoms with van der Waals surface area (Å²) in [5.74, 6) is -0.875. The van der Waals surface area contributed by atoms with Crippen LogP contribution in [0.15, 0.2) is 35.2 Å². The Morgan fingerprint density at radius 3 is 2.75 bits per heavy atom. The van der Waals surface area contributed by atoms with Gasteiger partial charge in [0, 0.05) is 35.4 Å². The Hall–Kier alpha value is -1.51. The van der Waals surface area contributed by atoms with E-state index in [9.17, 15) is 17.4 Å². The highest BCUT2D eigenvalue weighted by Gasteiger charge is 2.13. The lowest BCUT2D eigenvalue weighted by molar-refractivity contribution is -0.131. The molecule has 1 atom stereocenters. The second-order valence-electron chi connectivity index (χ2n) is 3.92. The van der Waals surface area contributed by atoms with Gasteiger partial charge in [-0.25, -0.2) is 17.9 Å². The van der Waals surface area contributed by atoms with Gasteiger partial charge in [0.2, 0.25) is 10.0 Å². The molecule has 0 bridgehead atoms. The molecule has 0 aliphatic heterocycles. The molecule has 0 aromatic heterocycles. The summed E-state index contributed by atoms with van der Waals surface area (Å²) in [6, 6.07) is 5.89. The third-order valence-electron chi connectivity index (χ3n) is 2.27. The Bertz CT molecular complexity index is 637. The molecule has 0 spiro atoms. The van der Waals surface area contributed by atoms with Gasteiger partial charge in [0.15, 0.2) is 0 Å². The minimum Gasteiger partial charge on any atom is -0.478 e. The zero-order valence-corrected chi connectivity index (χ0v) is 12.4. The predicted octanol–water partition coefficient (Wildman–Crippen LogP) is 0.441. The van der Waals surface area contributed by atoms with E-state index in [4.69, 9.17) is 5.11 Å². The Morgan fingerprint density at radius 1 is 1.45 bits per heavy atom. The third kappa shape index (κ3) is 5.64. The number of hydrogen-bond donors (Lipinski definition) is 2. The molecule has 1 rings (SSSR count). The molecule has 0 amide bonds. The van der Waals surface area contributed by atoms with Crippen LogP contribution >= 0.6 is 0 Å². The topological polar surface area (TPSA) is 101 Å².